The zero-order chi connectivity index (χ0) is 15.1. The molecule has 0 aliphatic rings. The Kier molecular flexibility index (Phi) is 7.39. The molecular formula is C16H20ClN3O2. The van der Waals surface area contributed by atoms with Gasteiger partial charge in [-0.25, -0.2) is 4.79 Å². The third-order valence-corrected chi connectivity index (χ3v) is 2.98. The van der Waals surface area contributed by atoms with Crippen LogP contribution in [0.15, 0.2) is 54.6 Å². The van der Waals surface area contributed by atoms with Gasteiger partial charge in [0.05, 0.1) is 6.61 Å². The molecule has 2 aromatic rings. The Bertz CT molecular complexity index is 576. The SMILES string of the molecule is Cl.N[C@H](CO)Cc1ccc(NC(=O)Nc2ccccc2)cc1. The van der Waals surface area contributed by atoms with Crippen LogP contribution in [-0.4, -0.2) is 23.8 Å². The predicted molar refractivity (Wildman–Crippen MR) is 91.5 cm³/mol. The van der Waals surface area contributed by atoms with E-state index in [-0.39, 0.29) is 31.1 Å². The topological polar surface area (TPSA) is 87.4 Å². The van der Waals surface area contributed by atoms with E-state index < -0.39 is 0 Å². The fourth-order valence-corrected chi connectivity index (χ4v) is 1.91. The van der Waals surface area contributed by atoms with E-state index >= 15 is 0 Å². The van der Waals surface area contributed by atoms with Crippen molar-refractivity contribution < 1.29 is 9.90 Å². The molecule has 0 unspecified atom stereocenters. The molecule has 0 saturated heterocycles. The standard InChI is InChI=1S/C16H19N3O2.ClH/c17-13(11-20)10-12-6-8-15(9-7-12)19-16(21)18-14-4-2-1-3-5-14;/h1-9,13,20H,10-11,17H2,(H2,18,19,21);1H/t13-;/m0./s1. The van der Waals surface area contributed by atoms with Gasteiger partial charge in [0.1, 0.15) is 0 Å². The smallest absolute Gasteiger partial charge is 0.323 e. The number of hydrogen-bond acceptors (Lipinski definition) is 3. The van der Waals surface area contributed by atoms with Crippen LogP contribution >= 0.6 is 12.4 Å². The molecule has 2 aromatic carbocycles. The summed E-state index contributed by atoms with van der Waals surface area (Å²) in [7, 11) is 0. The minimum absolute atomic E-state index is 0. The summed E-state index contributed by atoms with van der Waals surface area (Å²) in [6.07, 6.45) is 0.604. The van der Waals surface area contributed by atoms with E-state index in [2.05, 4.69) is 10.6 Å². The number of benzene rings is 2. The van der Waals surface area contributed by atoms with Crippen LogP contribution in [0.25, 0.3) is 0 Å². The highest BCUT2D eigenvalue weighted by Gasteiger charge is 2.04. The molecule has 2 rings (SSSR count). The normalized spacial score (nSPS) is 11.2. The van der Waals surface area contributed by atoms with Crippen molar-refractivity contribution in [2.75, 3.05) is 17.2 Å². The highest BCUT2D eigenvalue weighted by atomic mass is 35.5. The zero-order valence-electron chi connectivity index (χ0n) is 12.0. The van der Waals surface area contributed by atoms with Gasteiger partial charge >= 0.3 is 6.03 Å². The predicted octanol–water partition coefficient (Wildman–Crippen LogP) is 2.61. The fourth-order valence-electron chi connectivity index (χ4n) is 1.91. The van der Waals surface area contributed by atoms with Crippen LogP contribution in [0, 0.1) is 0 Å². The molecule has 0 aromatic heterocycles. The Labute approximate surface area is 135 Å². The van der Waals surface area contributed by atoms with Gasteiger partial charge in [0.25, 0.3) is 0 Å². The number of nitrogens with two attached hydrogens (primary N) is 1. The molecule has 0 heterocycles. The molecule has 1 atom stereocenters. The molecular weight excluding hydrogens is 302 g/mol. The summed E-state index contributed by atoms with van der Waals surface area (Å²) in [6, 6.07) is 16.1. The highest BCUT2D eigenvalue weighted by molar-refractivity contribution is 5.99. The molecule has 6 heteroatoms. The first kappa shape index (κ1) is 18.0. The van der Waals surface area contributed by atoms with E-state index in [0.717, 1.165) is 11.3 Å². The summed E-state index contributed by atoms with van der Waals surface area (Å²) in [6.45, 7) is -0.0422. The zero-order valence-corrected chi connectivity index (χ0v) is 12.8. The molecule has 0 aliphatic carbocycles. The molecule has 22 heavy (non-hydrogen) atoms. The Morgan fingerprint density at radius 1 is 1.00 bits per heavy atom. The van der Waals surface area contributed by atoms with Gasteiger partial charge in [-0.05, 0) is 36.2 Å². The number of anilines is 2. The molecule has 0 radical (unpaired) electrons. The number of amides is 2. The van der Waals surface area contributed by atoms with Gasteiger partial charge < -0.3 is 21.5 Å². The minimum atomic E-state index is -0.291. The van der Waals surface area contributed by atoms with Gasteiger partial charge in [-0.3, -0.25) is 0 Å². The van der Waals surface area contributed by atoms with Crippen molar-refractivity contribution in [3.8, 4) is 0 Å². The first-order valence-electron chi connectivity index (χ1n) is 6.76. The van der Waals surface area contributed by atoms with Crippen molar-refractivity contribution in [1.29, 1.82) is 0 Å². The maximum Gasteiger partial charge on any atom is 0.323 e. The maximum absolute atomic E-state index is 11.8. The number of urea groups is 1. The lowest BCUT2D eigenvalue weighted by molar-refractivity contribution is 0.262. The van der Waals surface area contributed by atoms with Crippen molar-refractivity contribution in [1.82, 2.24) is 0 Å². The number of rotatable bonds is 5. The molecule has 5 N–H and O–H groups in total. The van der Waals surface area contributed by atoms with Crippen LogP contribution in [0.2, 0.25) is 0 Å². The van der Waals surface area contributed by atoms with Crippen LogP contribution in [0.1, 0.15) is 5.56 Å². The molecule has 2 amide bonds. The quantitative estimate of drug-likeness (QED) is 0.682. The van der Waals surface area contributed by atoms with Crippen LogP contribution in [0.4, 0.5) is 16.2 Å². The third kappa shape index (κ3) is 5.73. The summed E-state index contributed by atoms with van der Waals surface area (Å²) >= 11 is 0. The molecule has 5 nitrogen and oxygen atoms in total. The largest absolute Gasteiger partial charge is 0.395 e. The van der Waals surface area contributed by atoms with E-state index in [0.29, 0.717) is 12.1 Å². The highest BCUT2D eigenvalue weighted by Crippen LogP contribution is 2.12. The van der Waals surface area contributed by atoms with Gasteiger partial charge in [-0.1, -0.05) is 30.3 Å². The lowest BCUT2D eigenvalue weighted by Gasteiger charge is -2.10. The van der Waals surface area contributed by atoms with Crippen molar-refractivity contribution >= 4 is 29.8 Å². The minimum Gasteiger partial charge on any atom is -0.395 e. The van der Waals surface area contributed by atoms with Crippen LogP contribution in [-0.2, 0) is 6.42 Å². The number of aliphatic hydroxyl groups is 1. The first-order chi connectivity index (χ1) is 10.2. The Hall–Kier alpha value is -2.08. The van der Waals surface area contributed by atoms with Crippen molar-refractivity contribution in [3.63, 3.8) is 0 Å². The number of halogens is 1. The number of carbonyl (C=O) groups is 1. The summed E-state index contributed by atoms with van der Waals surface area (Å²) in [4.78, 5) is 11.8. The van der Waals surface area contributed by atoms with Crippen molar-refractivity contribution in [2.45, 2.75) is 12.5 Å². The summed E-state index contributed by atoms with van der Waals surface area (Å²) in [5, 5.41) is 14.4. The molecule has 0 saturated carbocycles. The summed E-state index contributed by atoms with van der Waals surface area (Å²) in [5.74, 6) is 0. The van der Waals surface area contributed by atoms with Crippen molar-refractivity contribution in [3.05, 3.63) is 60.2 Å². The van der Waals surface area contributed by atoms with Gasteiger partial charge in [0, 0.05) is 17.4 Å². The Morgan fingerprint density at radius 3 is 2.09 bits per heavy atom. The molecule has 0 bridgehead atoms. The maximum atomic E-state index is 11.8. The van der Waals surface area contributed by atoms with E-state index in [1.807, 2.05) is 54.6 Å². The average molecular weight is 322 g/mol. The van der Waals surface area contributed by atoms with Crippen LogP contribution in [0.5, 0.6) is 0 Å². The van der Waals surface area contributed by atoms with Gasteiger partial charge in [0.15, 0.2) is 0 Å². The second-order valence-electron chi connectivity index (χ2n) is 4.79. The summed E-state index contributed by atoms with van der Waals surface area (Å²) < 4.78 is 0. The number of hydrogen-bond donors (Lipinski definition) is 4. The van der Waals surface area contributed by atoms with E-state index in [9.17, 15) is 4.79 Å². The van der Waals surface area contributed by atoms with Crippen LogP contribution < -0.4 is 16.4 Å². The lowest BCUT2D eigenvalue weighted by atomic mass is 10.1. The first-order valence-corrected chi connectivity index (χ1v) is 6.76. The van der Waals surface area contributed by atoms with E-state index in [4.69, 9.17) is 10.8 Å². The molecule has 0 aliphatic heterocycles. The van der Waals surface area contributed by atoms with Gasteiger partial charge in [0.2, 0.25) is 0 Å². The fraction of sp³-hybridized carbons (Fsp3) is 0.188. The summed E-state index contributed by atoms with van der Waals surface area (Å²) in [5.41, 5.74) is 8.13. The third-order valence-electron chi connectivity index (χ3n) is 2.98. The Balaban J connectivity index is 0.00000242. The number of aliphatic hydroxyl groups excluding tert-OH is 1. The lowest BCUT2D eigenvalue weighted by Crippen LogP contribution is -2.26. The second kappa shape index (κ2) is 9.04. The van der Waals surface area contributed by atoms with Crippen LogP contribution in [0.3, 0.4) is 0 Å². The average Bonchev–Trinajstić information content (AvgIpc) is 2.50. The molecule has 0 spiro atoms. The number of para-hydroxylation sites is 1. The van der Waals surface area contributed by atoms with Crippen molar-refractivity contribution in [2.24, 2.45) is 5.73 Å². The number of carbonyl (C=O) groups excluding carboxylic acids is 1. The Morgan fingerprint density at radius 2 is 1.55 bits per heavy atom. The second-order valence-corrected chi connectivity index (χ2v) is 4.79. The van der Waals surface area contributed by atoms with E-state index in [1.54, 1.807) is 0 Å². The molecule has 0 fully saturated rings. The van der Waals surface area contributed by atoms with E-state index in [1.165, 1.54) is 0 Å². The molecule has 118 valence electrons. The van der Waals surface area contributed by atoms with Gasteiger partial charge in [-0.2, -0.15) is 0 Å². The monoisotopic (exact) mass is 321 g/mol. The number of nitrogens with one attached hydrogen (secondary N) is 2. The van der Waals surface area contributed by atoms with Gasteiger partial charge in [-0.15, -0.1) is 12.4 Å².